The monoisotopic (exact) mass is 372 g/mol. The summed E-state index contributed by atoms with van der Waals surface area (Å²) in [4.78, 5) is 0. The molecule has 0 aromatic heterocycles. The van der Waals surface area contributed by atoms with E-state index in [1.807, 2.05) is 6.07 Å². The number of rotatable bonds is 6. The number of phenolic OH excluding ortho intramolecular Hbond substituents is 1. The minimum Gasteiger partial charge on any atom is -0.508 e. The first-order chi connectivity index (χ1) is 12.7. The Morgan fingerprint density at radius 1 is 1.15 bits per heavy atom. The van der Waals surface area contributed by atoms with E-state index < -0.39 is 0 Å². The molecule has 0 spiro atoms. The van der Waals surface area contributed by atoms with Crippen molar-refractivity contribution in [2.24, 2.45) is 11.8 Å². The van der Waals surface area contributed by atoms with Crippen molar-refractivity contribution < 1.29 is 9.84 Å². The number of fused-ring (bicyclic) bond motifs is 3. The minimum absolute atomic E-state index is 0.0600. The number of benzene rings is 1. The van der Waals surface area contributed by atoms with Crippen molar-refractivity contribution in [3.8, 4) is 11.5 Å². The molecule has 0 amide bonds. The van der Waals surface area contributed by atoms with Gasteiger partial charge in [0.15, 0.2) is 0 Å². The zero-order valence-corrected chi connectivity index (χ0v) is 18.4. The maximum Gasteiger partial charge on any atom is 0.127 e. The molecule has 2 nitrogen and oxygen atoms in total. The number of ether oxygens (including phenoxy) is 1. The predicted octanol–water partition coefficient (Wildman–Crippen LogP) is 7.33. The summed E-state index contributed by atoms with van der Waals surface area (Å²) in [6, 6.07) is 4.28. The first kappa shape index (κ1) is 20.6. The minimum atomic E-state index is -0.159. The van der Waals surface area contributed by atoms with Crippen molar-refractivity contribution in [3.05, 3.63) is 23.3 Å². The lowest BCUT2D eigenvalue weighted by Gasteiger charge is -2.49. The van der Waals surface area contributed by atoms with E-state index in [2.05, 4.69) is 47.6 Å². The van der Waals surface area contributed by atoms with Crippen LogP contribution in [0.15, 0.2) is 12.1 Å². The summed E-state index contributed by atoms with van der Waals surface area (Å²) in [6.45, 7) is 13.7. The lowest BCUT2D eigenvalue weighted by Crippen LogP contribution is -2.46. The first-order valence-electron chi connectivity index (χ1n) is 11.2. The molecule has 1 aliphatic carbocycles. The van der Waals surface area contributed by atoms with E-state index in [1.54, 1.807) is 0 Å². The molecule has 3 atom stereocenters. The molecule has 152 valence electrons. The molecule has 2 aliphatic rings. The molecule has 27 heavy (non-hydrogen) atoms. The second-order valence-electron chi connectivity index (χ2n) is 10.4. The Morgan fingerprint density at radius 3 is 2.59 bits per heavy atom. The van der Waals surface area contributed by atoms with Gasteiger partial charge in [0.25, 0.3) is 0 Å². The van der Waals surface area contributed by atoms with Crippen LogP contribution < -0.4 is 4.74 Å². The molecule has 1 saturated carbocycles. The molecule has 0 bridgehead atoms. The molecule has 1 N–H and O–H groups in total. The van der Waals surface area contributed by atoms with Gasteiger partial charge in [-0.25, -0.2) is 0 Å². The Hall–Kier alpha value is -1.18. The van der Waals surface area contributed by atoms with Crippen molar-refractivity contribution in [3.63, 3.8) is 0 Å². The van der Waals surface area contributed by atoms with E-state index in [-0.39, 0.29) is 11.0 Å². The Kier molecular flexibility index (Phi) is 5.85. The molecular weight excluding hydrogens is 332 g/mol. The normalized spacial score (nSPS) is 26.8. The van der Waals surface area contributed by atoms with Crippen molar-refractivity contribution in [2.45, 2.75) is 110 Å². The van der Waals surface area contributed by atoms with E-state index >= 15 is 0 Å². The molecule has 1 heterocycles. The number of hydrogen-bond acceptors (Lipinski definition) is 2. The van der Waals surface area contributed by atoms with Gasteiger partial charge in [-0.15, -0.1) is 0 Å². The third kappa shape index (κ3) is 4.15. The van der Waals surface area contributed by atoms with Gasteiger partial charge in [-0.1, -0.05) is 59.8 Å². The van der Waals surface area contributed by atoms with Crippen LogP contribution in [0.25, 0.3) is 0 Å². The van der Waals surface area contributed by atoms with Gasteiger partial charge in [-0.05, 0) is 68.1 Å². The number of unbranched alkanes of at least 4 members (excludes halogenated alkanes) is 3. The first-order valence-corrected chi connectivity index (χ1v) is 11.2. The quantitative estimate of drug-likeness (QED) is 0.530. The Balaban J connectivity index is 1.91. The molecule has 0 radical (unpaired) electrons. The largest absolute Gasteiger partial charge is 0.508 e. The molecule has 3 rings (SSSR count). The van der Waals surface area contributed by atoms with E-state index in [4.69, 9.17) is 4.74 Å². The summed E-state index contributed by atoms with van der Waals surface area (Å²) in [6.07, 6.45) is 9.90. The van der Waals surface area contributed by atoms with Crippen LogP contribution in [0.1, 0.15) is 110 Å². The highest BCUT2D eigenvalue weighted by atomic mass is 16.5. The summed E-state index contributed by atoms with van der Waals surface area (Å²) < 4.78 is 6.52. The third-order valence-electron chi connectivity index (χ3n) is 7.31. The van der Waals surface area contributed by atoms with Gasteiger partial charge in [0.1, 0.15) is 17.1 Å². The lowest BCUT2D eigenvalue weighted by molar-refractivity contribution is -0.0146. The third-order valence-corrected chi connectivity index (χ3v) is 7.31. The molecule has 0 unspecified atom stereocenters. The molecule has 1 aromatic carbocycles. The fourth-order valence-electron chi connectivity index (χ4n) is 5.49. The van der Waals surface area contributed by atoms with Crippen LogP contribution in [-0.2, 0) is 5.41 Å². The summed E-state index contributed by atoms with van der Waals surface area (Å²) in [5, 5.41) is 11.0. The average Bonchev–Trinajstić information content (AvgIpc) is 2.57. The predicted molar refractivity (Wildman–Crippen MR) is 114 cm³/mol. The highest BCUT2D eigenvalue weighted by Gasteiger charge is 2.47. The average molecular weight is 373 g/mol. The van der Waals surface area contributed by atoms with Gasteiger partial charge in [0.2, 0.25) is 0 Å². The van der Waals surface area contributed by atoms with Crippen molar-refractivity contribution in [2.75, 3.05) is 0 Å². The highest BCUT2D eigenvalue weighted by Crippen LogP contribution is 2.56. The lowest BCUT2D eigenvalue weighted by atomic mass is 9.64. The topological polar surface area (TPSA) is 29.5 Å². The molecule has 0 saturated heterocycles. The van der Waals surface area contributed by atoms with Gasteiger partial charge in [0.05, 0.1) is 0 Å². The van der Waals surface area contributed by atoms with Crippen LogP contribution >= 0.6 is 0 Å². The van der Waals surface area contributed by atoms with Gasteiger partial charge < -0.3 is 9.84 Å². The molecule has 1 aliphatic heterocycles. The zero-order valence-electron chi connectivity index (χ0n) is 18.4. The van der Waals surface area contributed by atoms with E-state index in [0.29, 0.717) is 17.6 Å². The van der Waals surface area contributed by atoms with Crippen molar-refractivity contribution in [1.82, 2.24) is 0 Å². The molecular formula is C25H40O2. The van der Waals surface area contributed by atoms with Crippen LogP contribution in [0.5, 0.6) is 11.5 Å². The zero-order chi connectivity index (χ0) is 19.8. The van der Waals surface area contributed by atoms with Gasteiger partial charge in [-0.2, -0.15) is 0 Å². The molecule has 1 fully saturated rings. The fourth-order valence-corrected chi connectivity index (χ4v) is 5.49. The highest BCUT2D eigenvalue weighted by molar-refractivity contribution is 5.53. The Labute approximate surface area is 166 Å². The van der Waals surface area contributed by atoms with Gasteiger partial charge >= 0.3 is 0 Å². The standard InChI is InChI=1S/C25H40O2/c1-7-8-9-10-13-24(3,4)18-15-21(26)23-19-14-17(2)11-12-20(19)25(5,6)27-22(23)16-18/h15-17,19-20,26H,7-14H2,1-6H3/t17-,19+,20+/m0/s1. The maximum absolute atomic E-state index is 11.0. The van der Waals surface area contributed by atoms with Crippen LogP contribution in [0.3, 0.4) is 0 Å². The van der Waals surface area contributed by atoms with Crippen LogP contribution in [0, 0.1) is 11.8 Å². The number of aromatic hydroxyl groups is 1. The van der Waals surface area contributed by atoms with E-state index in [0.717, 1.165) is 30.1 Å². The van der Waals surface area contributed by atoms with Crippen molar-refractivity contribution >= 4 is 0 Å². The van der Waals surface area contributed by atoms with Crippen LogP contribution in [0.4, 0.5) is 0 Å². The van der Waals surface area contributed by atoms with Crippen LogP contribution in [0.2, 0.25) is 0 Å². The summed E-state index contributed by atoms with van der Waals surface area (Å²) in [7, 11) is 0. The SMILES string of the molecule is CCCCCCC(C)(C)c1cc(O)c2c(c1)OC(C)(C)[C@@H]1CC[C@H](C)C[C@@H]21. The summed E-state index contributed by atoms with van der Waals surface area (Å²) in [5.41, 5.74) is 2.20. The van der Waals surface area contributed by atoms with Crippen LogP contribution in [-0.4, -0.2) is 10.7 Å². The summed E-state index contributed by atoms with van der Waals surface area (Å²) in [5.74, 6) is 3.05. The Morgan fingerprint density at radius 2 is 1.89 bits per heavy atom. The number of hydrogen-bond donors (Lipinski definition) is 1. The second-order valence-corrected chi connectivity index (χ2v) is 10.4. The van der Waals surface area contributed by atoms with Crippen molar-refractivity contribution in [1.29, 1.82) is 0 Å². The second kappa shape index (κ2) is 7.68. The van der Waals surface area contributed by atoms with Gasteiger partial charge in [-0.3, -0.25) is 0 Å². The smallest absolute Gasteiger partial charge is 0.127 e. The van der Waals surface area contributed by atoms with E-state index in [9.17, 15) is 5.11 Å². The summed E-state index contributed by atoms with van der Waals surface area (Å²) >= 11 is 0. The number of phenols is 1. The van der Waals surface area contributed by atoms with E-state index in [1.165, 1.54) is 44.1 Å². The Bertz CT molecular complexity index is 659. The maximum atomic E-state index is 11.0. The fraction of sp³-hybridized carbons (Fsp3) is 0.760. The molecule has 1 aromatic rings. The molecule has 2 heteroatoms. The van der Waals surface area contributed by atoms with Gasteiger partial charge in [0, 0.05) is 11.5 Å².